The van der Waals surface area contributed by atoms with E-state index in [9.17, 15) is 13.2 Å². The van der Waals surface area contributed by atoms with Crippen LogP contribution in [0.25, 0.3) is 0 Å². The Kier molecular flexibility index (Phi) is 8.32. The molecule has 0 saturated carbocycles. The Labute approximate surface area is 198 Å². The second kappa shape index (κ2) is 11.2. The van der Waals surface area contributed by atoms with Gasteiger partial charge in [0, 0.05) is 12.2 Å². The molecule has 3 rings (SSSR count). The number of nitrogens with one attached hydrogen (secondary N) is 1. The van der Waals surface area contributed by atoms with E-state index in [1.165, 1.54) is 19.2 Å². The van der Waals surface area contributed by atoms with Crippen LogP contribution in [0.4, 0.5) is 5.69 Å². The van der Waals surface area contributed by atoms with Gasteiger partial charge in [-0.2, -0.15) is 4.31 Å². The molecule has 33 heavy (non-hydrogen) atoms. The maximum atomic E-state index is 13.4. The van der Waals surface area contributed by atoms with Crippen molar-refractivity contribution in [3.05, 3.63) is 83.4 Å². The van der Waals surface area contributed by atoms with Crippen molar-refractivity contribution in [2.75, 3.05) is 25.6 Å². The summed E-state index contributed by atoms with van der Waals surface area (Å²) in [7, 11) is -2.47. The molecule has 0 aliphatic heterocycles. The molecule has 0 radical (unpaired) electrons. The van der Waals surface area contributed by atoms with Crippen LogP contribution in [-0.4, -0.2) is 38.9 Å². The van der Waals surface area contributed by atoms with E-state index in [2.05, 4.69) is 5.32 Å². The Morgan fingerprint density at radius 2 is 1.73 bits per heavy atom. The molecule has 0 fully saturated rings. The second-order valence-corrected chi connectivity index (χ2v) is 9.41. The van der Waals surface area contributed by atoms with Gasteiger partial charge in [0.25, 0.3) is 0 Å². The number of hydrogen-bond acceptors (Lipinski definition) is 5. The third kappa shape index (κ3) is 6.47. The number of ether oxygens (including phenoxy) is 2. The topological polar surface area (TPSA) is 84.9 Å². The predicted molar refractivity (Wildman–Crippen MR) is 128 cm³/mol. The summed E-state index contributed by atoms with van der Waals surface area (Å²) < 4.78 is 38.4. The summed E-state index contributed by atoms with van der Waals surface area (Å²) in [5.41, 5.74) is 1.19. The van der Waals surface area contributed by atoms with E-state index in [1.54, 1.807) is 30.3 Å². The van der Waals surface area contributed by atoms with E-state index >= 15 is 0 Å². The molecule has 3 aromatic rings. The van der Waals surface area contributed by atoms with Crippen LogP contribution in [0, 0.1) is 0 Å². The number of sulfonamides is 1. The number of halogens is 1. The second-order valence-electron chi connectivity index (χ2n) is 7.06. The Hall–Kier alpha value is -3.07. The van der Waals surface area contributed by atoms with Gasteiger partial charge < -0.3 is 14.8 Å². The van der Waals surface area contributed by atoms with Crippen molar-refractivity contribution in [3.63, 3.8) is 0 Å². The Morgan fingerprint density at radius 3 is 2.33 bits per heavy atom. The van der Waals surface area contributed by atoms with Crippen molar-refractivity contribution in [2.45, 2.75) is 18.4 Å². The SMILES string of the molecule is CCOc1ccc(S(=O)(=O)N(CC(=O)Nc2ccc(OC)c(Cl)c2)Cc2ccccc2)cc1. The van der Waals surface area contributed by atoms with Gasteiger partial charge in [0.1, 0.15) is 11.5 Å². The normalized spacial score (nSPS) is 11.3. The van der Waals surface area contributed by atoms with Crippen LogP contribution in [0.3, 0.4) is 0 Å². The Balaban J connectivity index is 1.84. The van der Waals surface area contributed by atoms with Gasteiger partial charge >= 0.3 is 0 Å². The first-order valence-electron chi connectivity index (χ1n) is 10.2. The third-order valence-electron chi connectivity index (χ3n) is 4.73. The molecule has 0 aromatic heterocycles. The minimum atomic E-state index is -3.97. The zero-order chi connectivity index (χ0) is 23.8. The highest BCUT2D eigenvalue weighted by Gasteiger charge is 2.27. The number of anilines is 1. The van der Waals surface area contributed by atoms with Gasteiger partial charge in [-0.1, -0.05) is 41.9 Å². The summed E-state index contributed by atoms with van der Waals surface area (Å²) in [5, 5.41) is 3.03. The zero-order valence-corrected chi connectivity index (χ0v) is 19.9. The van der Waals surface area contributed by atoms with Crippen LogP contribution in [0.2, 0.25) is 5.02 Å². The van der Waals surface area contributed by atoms with E-state index in [1.807, 2.05) is 37.3 Å². The molecule has 0 atom stereocenters. The molecule has 0 bridgehead atoms. The lowest BCUT2D eigenvalue weighted by Gasteiger charge is -2.22. The minimum Gasteiger partial charge on any atom is -0.495 e. The number of methoxy groups -OCH3 is 1. The molecule has 9 heteroatoms. The molecule has 0 aliphatic rings. The van der Waals surface area contributed by atoms with E-state index in [-0.39, 0.29) is 18.0 Å². The first kappa shape index (κ1) is 24.6. The van der Waals surface area contributed by atoms with Crippen LogP contribution in [0.5, 0.6) is 11.5 Å². The average Bonchev–Trinajstić information content (AvgIpc) is 2.80. The number of nitrogens with zero attached hydrogens (tertiary/aromatic N) is 1. The minimum absolute atomic E-state index is 0.0349. The van der Waals surface area contributed by atoms with E-state index < -0.39 is 15.9 Å². The number of amides is 1. The molecule has 0 unspecified atom stereocenters. The van der Waals surface area contributed by atoms with E-state index in [4.69, 9.17) is 21.1 Å². The van der Waals surface area contributed by atoms with Crippen molar-refractivity contribution in [3.8, 4) is 11.5 Å². The quantitative estimate of drug-likeness (QED) is 0.451. The molecular weight excluding hydrogens is 464 g/mol. The third-order valence-corrected chi connectivity index (χ3v) is 6.83. The summed E-state index contributed by atoms with van der Waals surface area (Å²) >= 11 is 6.12. The maximum absolute atomic E-state index is 13.4. The van der Waals surface area contributed by atoms with Gasteiger partial charge in [0.15, 0.2) is 0 Å². The first-order valence-corrected chi connectivity index (χ1v) is 12.1. The highest BCUT2D eigenvalue weighted by atomic mass is 35.5. The highest BCUT2D eigenvalue weighted by Crippen LogP contribution is 2.27. The lowest BCUT2D eigenvalue weighted by molar-refractivity contribution is -0.116. The van der Waals surface area contributed by atoms with Crippen LogP contribution in [-0.2, 0) is 21.4 Å². The fraction of sp³-hybridized carbons (Fsp3) is 0.208. The largest absolute Gasteiger partial charge is 0.495 e. The number of carbonyl (C=O) groups is 1. The molecule has 1 N–H and O–H groups in total. The lowest BCUT2D eigenvalue weighted by atomic mass is 10.2. The zero-order valence-electron chi connectivity index (χ0n) is 18.3. The highest BCUT2D eigenvalue weighted by molar-refractivity contribution is 7.89. The number of carbonyl (C=O) groups excluding carboxylic acids is 1. The molecule has 174 valence electrons. The summed E-state index contributed by atoms with van der Waals surface area (Å²) in [6, 6.07) is 20.0. The smallest absolute Gasteiger partial charge is 0.243 e. The molecule has 1 amide bonds. The van der Waals surface area contributed by atoms with Gasteiger partial charge in [0.05, 0.1) is 30.2 Å². The van der Waals surface area contributed by atoms with E-state index in [0.717, 1.165) is 9.87 Å². The van der Waals surface area contributed by atoms with Gasteiger partial charge in [-0.25, -0.2) is 8.42 Å². The average molecular weight is 489 g/mol. The summed E-state index contributed by atoms with van der Waals surface area (Å²) in [5.74, 6) is 0.542. The predicted octanol–water partition coefficient (Wildman–Crippen LogP) is 4.58. The molecule has 0 heterocycles. The number of benzene rings is 3. The molecule has 3 aromatic carbocycles. The van der Waals surface area contributed by atoms with Crippen LogP contribution in [0.15, 0.2) is 77.7 Å². The van der Waals surface area contributed by atoms with Crippen molar-refractivity contribution in [1.29, 1.82) is 0 Å². The van der Waals surface area contributed by atoms with Crippen LogP contribution < -0.4 is 14.8 Å². The van der Waals surface area contributed by atoms with Gasteiger partial charge in [-0.05, 0) is 55.0 Å². The molecule has 0 aliphatic carbocycles. The van der Waals surface area contributed by atoms with Crippen molar-refractivity contribution in [1.82, 2.24) is 4.31 Å². The fourth-order valence-electron chi connectivity index (χ4n) is 3.14. The lowest BCUT2D eigenvalue weighted by Crippen LogP contribution is -2.37. The van der Waals surface area contributed by atoms with Gasteiger partial charge in [0.2, 0.25) is 15.9 Å². The van der Waals surface area contributed by atoms with Gasteiger partial charge in [-0.3, -0.25) is 4.79 Å². The maximum Gasteiger partial charge on any atom is 0.243 e. The standard InChI is InChI=1S/C24H25ClN2O5S/c1-3-32-20-10-12-21(13-11-20)33(29,30)27(16-18-7-5-4-6-8-18)17-24(28)26-19-9-14-23(31-2)22(25)15-19/h4-15H,3,16-17H2,1-2H3,(H,26,28). The van der Waals surface area contributed by atoms with Crippen LogP contribution in [0.1, 0.15) is 12.5 Å². The van der Waals surface area contributed by atoms with Crippen molar-refractivity contribution < 1.29 is 22.7 Å². The Bertz CT molecular complexity index is 1190. The summed E-state index contributed by atoms with van der Waals surface area (Å²) in [6.07, 6.45) is 0. The number of rotatable bonds is 10. The van der Waals surface area contributed by atoms with Crippen molar-refractivity contribution in [2.24, 2.45) is 0 Å². The number of hydrogen-bond donors (Lipinski definition) is 1. The first-order chi connectivity index (χ1) is 15.8. The fourth-order valence-corrected chi connectivity index (χ4v) is 4.78. The van der Waals surface area contributed by atoms with E-state index in [0.29, 0.717) is 28.8 Å². The monoisotopic (exact) mass is 488 g/mol. The summed E-state index contributed by atoms with van der Waals surface area (Å²) in [6.45, 7) is 1.98. The molecular formula is C24H25ClN2O5S. The summed E-state index contributed by atoms with van der Waals surface area (Å²) in [4.78, 5) is 12.9. The Morgan fingerprint density at radius 1 is 1.03 bits per heavy atom. The molecule has 0 spiro atoms. The van der Waals surface area contributed by atoms with Crippen LogP contribution >= 0.6 is 11.6 Å². The van der Waals surface area contributed by atoms with Crippen molar-refractivity contribution >= 4 is 33.2 Å². The van der Waals surface area contributed by atoms with Gasteiger partial charge in [-0.15, -0.1) is 0 Å². The molecule has 0 saturated heterocycles. The molecule has 7 nitrogen and oxygen atoms in total.